The minimum atomic E-state index is -0.331. The number of amides is 1. The predicted molar refractivity (Wildman–Crippen MR) is 102 cm³/mol. The van der Waals surface area contributed by atoms with Crippen molar-refractivity contribution < 1.29 is 13.9 Å². The van der Waals surface area contributed by atoms with E-state index in [1.807, 2.05) is 32.0 Å². The highest BCUT2D eigenvalue weighted by Crippen LogP contribution is 2.19. The van der Waals surface area contributed by atoms with E-state index in [9.17, 15) is 9.18 Å². The van der Waals surface area contributed by atoms with Crippen molar-refractivity contribution in [2.24, 2.45) is 0 Å². The molecule has 1 aromatic heterocycles. The van der Waals surface area contributed by atoms with Crippen LogP contribution in [0.5, 0.6) is 5.75 Å². The Morgan fingerprint density at radius 2 is 1.81 bits per heavy atom. The van der Waals surface area contributed by atoms with Crippen LogP contribution in [0.25, 0.3) is 0 Å². The van der Waals surface area contributed by atoms with Gasteiger partial charge in [-0.05, 0) is 31.2 Å². The molecule has 1 aliphatic heterocycles. The van der Waals surface area contributed by atoms with Gasteiger partial charge >= 0.3 is 0 Å². The molecule has 1 aromatic carbocycles. The lowest BCUT2D eigenvalue weighted by Crippen LogP contribution is -2.50. The third kappa shape index (κ3) is 4.84. The molecule has 1 amide bonds. The number of aryl methyl sites for hydroxylation is 1. The van der Waals surface area contributed by atoms with Gasteiger partial charge in [0.05, 0.1) is 0 Å². The van der Waals surface area contributed by atoms with Crippen LogP contribution < -0.4 is 14.5 Å². The van der Waals surface area contributed by atoms with Crippen molar-refractivity contribution in [1.29, 1.82) is 0 Å². The maximum atomic E-state index is 12.9. The average Bonchev–Trinajstić information content (AvgIpc) is 2.67. The lowest BCUT2D eigenvalue weighted by molar-refractivity contribution is -0.133. The quantitative estimate of drug-likeness (QED) is 0.795. The Hall–Kier alpha value is -2.90. The summed E-state index contributed by atoms with van der Waals surface area (Å²) in [5.74, 6) is 2.54. The fourth-order valence-corrected chi connectivity index (χ4v) is 2.88. The van der Waals surface area contributed by atoms with Crippen LogP contribution in [0.2, 0.25) is 0 Å². The first-order valence-corrected chi connectivity index (χ1v) is 8.86. The van der Waals surface area contributed by atoms with Crippen LogP contribution in [0.4, 0.5) is 16.0 Å². The first-order valence-electron chi connectivity index (χ1n) is 8.86. The molecular formula is C19H24FN5O2. The van der Waals surface area contributed by atoms with E-state index in [0.29, 0.717) is 31.9 Å². The number of nitrogens with zero attached hydrogens (tertiary/aromatic N) is 5. The van der Waals surface area contributed by atoms with Crippen LogP contribution in [-0.2, 0) is 4.79 Å². The molecule has 0 aliphatic carbocycles. The van der Waals surface area contributed by atoms with Crippen molar-refractivity contribution in [3.05, 3.63) is 42.0 Å². The summed E-state index contributed by atoms with van der Waals surface area (Å²) in [5.41, 5.74) is 0. The minimum absolute atomic E-state index is 0.0526. The molecule has 2 heterocycles. The summed E-state index contributed by atoms with van der Waals surface area (Å²) < 4.78 is 18.3. The van der Waals surface area contributed by atoms with E-state index >= 15 is 0 Å². The van der Waals surface area contributed by atoms with E-state index in [0.717, 1.165) is 17.5 Å². The number of piperazine rings is 1. The summed E-state index contributed by atoms with van der Waals surface area (Å²) in [5, 5.41) is 0. The molecule has 0 radical (unpaired) electrons. The molecule has 144 valence electrons. The molecule has 27 heavy (non-hydrogen) atoms. The van der Waals surface area contributed by atoms with Gasteiger partial charge in [0.2, 0.25) is 0 Å². The maximum absolute atomic E-state index is 12.9. The standard InChI is InChI=1S/C19H24FN5O2/c1-14-21-17(23(2)3)12-18(22-14)24-8-10-25(11-9-24)19(26)13-27-16-6-4-15(20)5-7-16/h4-7,12H,8-11,13H2,1-3H3. The molecule has 0 atom stereocenters. The predicted octanol–water partition coefficient (Wildman–Crippen LogP) is 1.72. The molecule has 0 unspecified atom stereocenters. The monoisotopic (exact) mass is 373 g/mol. The smallest absolute Gasteiger partial charge is 0.260 e. The van der Waals surface area contributed by atoms with Gasteiger partial charge in [0, 0.05) is 46.3 Å². The summed E-state index contributed by atoms with van der Waals surface area (Å²) in [4.78, 5) is 27.2. The van der Waals surface area contributed by atoms with Crippen molar-refractivity contribution in [1.82, 2.24) is 14.9 Å². The van der Waals surface area contributed by atoms with Gasteiger partial charge in [0.25, 0.3) is 5.91 Å². The van der Waals surface area contributed by atoms with Gasteiger partial charge in [0.1, 0.15) is 29.0 Å². The Labute approximate surface area is 158 Å². The van der Waals surface area contributed by atoms with Crippen LogP contribution in [0.3, 0.4) is 0 Å². The summed E-state index contributed by atoms with van der Waals surface area (Å²) in [7, 11) is 3.90. The number of carbonyl (C=O) groups excluding carboxylic acids is 1. The van der Waals surface area contributed by atoms with E-state index < -0.39 is 0 Å². The highest BCUT2D eigenvalue weighted by atomic mass is 19.1. The van der Waals surface area contributed by atoms with Crippen molar-refractivity contribution in [3.8, 4) is 5.75 Å². The lowest BCUT2D eigenvalue weighted by atomic mass is 10.3. The van der Waals surface area contributed by atoms with Gasteiger partial charge in [-0.15, -0.1) is 0 Å². The van der Waals surface area contributed by atoms with E-state index in [2.05, 4.69) is 14.9 Å². The largest absolute Gasteiger partial charge is 0.484 e. The lowest BCUT2D eigenvalue weighted by Gasteiger charge is -2.35. The number of carbonyl (C=O) groups is 1. The molecule has 0 saturated carbocycles. The summed E-state index contributed by atoms with van der Waals surface area (Å²) in [6.45, 7) is 4.43. The number of hydrogen-bond acceptors (Lipinski definition) is 6. The second-order valence-corrected chi connectivity index (χ2v) is 6.64. The van der Waals surface area contributed by atoms with Crippen molar-refractivity contribution >= 4 is 17.5 Å². The number of anilines is 2. The van der Waals surface area contributed by atoms with Crippen LogP contribution in [0.15, 0.2) is 30.3 Å². The van der Waals surface area contributed by atoms with E-state index in [4.69, 9.17) is 4.74 Å². The van der Waals surface area contributed by atoms with Crippen LogP contribution in [-0.4, -0.2) is 67.7 Å². The van der Waals surface area contributed by atoms with Crippen LogP contribution in [0, 0.1) is 12.7 Å². The molecule has 1 aliphatic rings. The fraction of sp³-hybridized carbons (Fsp3) is 0.421. The molecule has 0 bridgehead atoms. The normalized spacial score (nSPS) is 14.2. The second kappa shape index (κ2) is 8.20. The Balaban J connectivity index is 1.54. The number of rotatable bonds is 5. The van der Waals surface area contributed by atoms with Crippen molar-refractivity contribution in [3.63, 3.8) is 0 Å². The van der Waals surface area contributed by atoms with Gasteiger partial charge in [-0.25, -0.2) is 14.4 Å². The van der Waals surface area contributed by atoms with Crippen LogP contribution in [0.1, 0.15) is 5.82 Å². The van der Waals surface area contributed by atoms with Gasteiger partial charge in [-0.2, -0.15) is 0 Å². The summed E-state index contributed by atoms with van der Waals surface area (Å²) in [6, 6.07) is 7.61. The molecular weight excluding hydrogens is 349 g/mol. The van der Waals surface area contributed by atoms with Gasteiger partial charge in [-0.1, -0.05) is 0 Å². The number of ether oxygens (including phenoxy) is 1. The third-order valence-corrected chi connectivity index (χ3v) is 4.40. The molecule has 1 fully saturated rings. The molecule has 0 N–H and O–H groups in total. The zero-order chi connectivity index (χ0) is 19.4. The van der Waals surface area contributed by atoms with E-state index in [1.165, 1.54) is 24.3 Å². The topological polar surface area (TPSA) is 61.8 Å². The zero-order valence-corrected chi connectivity index (χ0v) is 15.9. The highest BCUT2D eigenvalue weighted by Gasteiger charge is 2.23. The molecule has 1 saturated heterocycles. The van der Waals surface area contributed by atoms with Gasteiger partial charge in [-0.3, -0.25) is 4.79 Å². The highest BCUT2D eigenvalue weighted by molar-refractivity contribution is 5.78. The van der Waals surface area contributed by atoms with Gasteiger partial charge in [0.15, 0.2) is 6.61 Å². The van der Waals surface area contributed by atoms with E-state index in [1.54, 1.807) is 4.90 Å². The SMILES string of the molecule is Cc1nc(N(C)C)cc(N2CCN(C(=O)COc3ccc(F)cc3)CC2)n1. The summed E-state index contributed by atoms with van der Waals surface area (Å²) >= 11 is 0. The Morgan fingerprint density at radius 3 is 2.44 bits per heavy atom. The fourth-order valence-electron chi connectivity index (χ4n) is 2.88. The van der Waals surface area contributed by atoms with E-state index in [-0.39, 0.29) is 18.3 Å². The Bertz CT molecular complexity index is 789. The molecule has 3 rings (SSSR count). The zero-order valence-electron chi connectivity index (χ0n) is 15.9. The summed E-state index contributed by atoms with van der Waals surface area (Å²) in [6.07, 6.45) is 0. The van der Waals surface area contributed by atoms with Gasteiger partial charge < -0.3 is 19.4 Å². The number of halogens is 1. The van der Waals surface area contributed by atoms with Crippen molar-refractivity contribution in [2.45, 2.75) is 6.92 Å². The first-order chi connectivity index (χ1) is 12.9. The minimum Gasteiger partial charge on any atom is -0.484 e. The molecule has 0 spiro atoms. The van der Waals surface area contributed by atoms with Crippen LogP contribution >= 0.6 is 0 Å². The molecule has 2 aromatic rings. The Kier molecular flexibility index (Phi) is 5.73. The first kappa shape index (κ1) is 18.9. The van der Waals surface area contributed by atoms with Crippen molar-refractivity contribution in [2.75, 3.05) is 56.7 Å². The Morgan fingerprint density at radius 1 is 1.15 bits per heavy atom. The molecule has 7 nitrogen and oxygen atoms in total. The molecule has 8 heteroatoms. The number of aromatic nitrogens is 2. The number of benzene rings is 1. The second-order valence-electron chi connectivity index (χ2n) is 6.64. The third-order valence-electron chi connectivity index (χ3n) is 4.40. The average molecular weight is 373 g/mol. The number of hydrogen-bond donors (Lipinski definition) is 0. The maximum Gasteiger partial charge on any atom is 0.260 e.